The quantitative estimate of drug-likeness (QED) is 0.911. The van der Waals surface area contributed by atoms with E-state index in [1.807, 2.05) is 26.0 Å². The van der Waals surface area contributed by atoms with Crippen LogP contribution in [0.4, 0.5) is 5.13 Å². The van der Waals surface area contributed by atoms with Crippen molar-refractivity contribution in [1.82, 2.24) is 4.98 Å². The Labute approximate surface area is 126 Å². The molecule has 0 fully saturated rings. The van der Waals surface area contributed by atoms with E-state index in [1.54, 1.807) is 17.6 Å². The molecule has 0 aliphatic carbocycles. The lowest BCUT2D eigenvalue weighted by Gasteiger charge is -2.17. The van der Waals surface area contributed by atoms with Crippen molar-refractivity contribution >= 4 is 34.0 Å². The molecule has 0 spiro atoms. The highest BCUT2D eigenvalue weighted by molar-refractivity contribution is 7.13. The molecule has 106 valence electrons. The van der Waals surface area contributed by atoms with Crippen LogP contribution in [0.25, 0.3) is 0 Å². The van der Waals surface area contributed by atoms with Crippen LogP contribution in [0.5, 0.6) is 5.75 Å². The van der Waals surface area contributed by atoms with Gasteiger partial charge in [-0.1, -0.05) is 24.6 Å². The van der Waals surface area contributed by atoms with Gasteiger partial charge in [-0.05, 0) is 31.0 Å². The summed E-state index contributed by atoms with van der Waals surface area (Å²) in [4.78, 5) is 16.1. The summed E-state index contributed by atoms with van der Waals surface area (Å²) >= 11 is 7.44. The summed E-state index contributed by atoms with van der Waals surface area (Å²) in [5.74, 6) is 0.299. The molecule has 6 heteroatoms. The van der Waals surface area contributed by atoms with Crippen molar-refractivity contribution in [1.29, 1.82) is 0 Å². The Kier molecular flexibility index (Phi) is 4.98. The summed E-state index contributed by atoms with van der Waals surface area (Å²) in [6.07, 6.45) is 1.58. The van der Waals surface area contributed by atoms with Crippen LogP contribution in [-0.4, -0.2) is 17.0 Å². The minimum atomic E-state index is -0.599. The van der Waals surface area contributed by atoms with E-state index in [0.29, 0.717) is 22.3 Å². The topological polar surface area (TPSA) is 51.2 Å². The van der Waals surface area contributed by atoms with Gasteiger partial charge in [0.05, 0.1) is 5.02 Å². The van der Waals surface area contributed by atoms with Crippen LogP contribution in [0.1, 0.15) is 18.9 Å². The molecule has 20 heavy (non-hydrogen) atoms. The van der Waals surface area contributed by atoms with Crippen molar-refractivity contribution in [2.45, 2.75) is 26.4 Å². The Bertz CT molecular complexity index is 587. The molecule has 1 aromatic heterocycles. The third kappa shape index (κ3) is 3.71. The number of ether oxygens (including phenoxy) is 1. The summed E-state index contributed by atoms with van der Waals surface area (Å²) in [5.41, 5.74) is 1.03. The highest BCUT2D eigenvalue weighted by Gasteiger charge is 2.20. The van der Waals surface area contributed by atoms with Gasteiger partial charge < -0.3 is 4.74 Å². The maximum absolute atomic E-state index is 12.1. The zero-order chi connectivity index (χ0) is 14.5. The van der Waals surface area contributed by atoms with Gasteiger partial charge in [0.1, 0.15) is 5.75 Å². The van der Waals surface area contributed by atoms with Crippen molar-refractivity contribution in [2.75, 3.05) is 5.32 Å². The van der Waals surface area contributed by atoms with E-state index in [2.05, 4.69) is 10.3 Å². The first-order chi connectivity index (χ1) is 9.60. The second-order valence-electron chi connectivity index (χ2n) is 4.28. The lowest BCUT2D eigenvalue weighted by atomic mass is 10.2. The van der Waals surface area contributed by atoms with Gasteiger partial charge in [-0.25, -0.2) is 4.98 Å². The molecule has 0 aliphatic rings. The number of thiazole rings is 1. The average molecular weight is 311 g/mol. The van der Waals surface area contributed by atoms with Crippen LogP contribution >= 0.6 is 22.9 Å². The third-order valence-corrected chi connectivity index (χ3v) is 3.68. The van der Waals surface area contributed by atoms with Gasteiger partial charge in [-0.2, -0.15) is 0 Å². The molecule has 2 rings (SSSR count). The van der Waals surface area contributed by atoms with Crippen molar-refractivity contribution in [3.63, 3.8) is 0 Å². The fraction of sp³-hybridized carbons (Fsp3) is 0.286. The zero-order valence-electron chi connectivity index (χ0n) is 11.2. The summed E-state index contributed by atoms with van der Waals surface area (Å²) in [7, 11) is 0. The Balaban J connectivity index is 2.08. The van der Waals surface area contributed by atoms with Crippen molar-refractivity contribution in [2.24, 2.45) is 0 Å². The standard InChI is InChI=1S/C14H15ClN2O2S/c1-3-11(13(18)17-14-16-6-7-20-14)19-12-8-9(2)4-5-10(12)15/h4-8,11H,3H2,1-2H3,(H,16,17,18)/t11-/m1/s1. The normalized spacial score (nSPS) is 11.9. The first kappa shape index (κ1) is 14.8. The van der Waals surface area contributed by atoms with Gasteiger partial charge >= 0.3 is 0 Å². The number of aromatic nitrogens is 1. The Morgan fingerprint density at radius 2 is 2.35 bits per heavy atom. The third-order valence-electron chi connectivity index (χ3n) is 2.68. The van der Waals surface area contributed by atoms with Gasteiger partial charge in [0.25, 0.3) is 5.91 Å². The predicted octanol–water partition coefficient (Wildman–Crippen LogP) is 3.90. The van der Waals surface area contributed by atoms with Gasteiger partial charge in [0.2, 0.25) is 0 Å². The number of carbonyl (C=O) groups is 1. The molecule has 1 N–H and O–H groups in total. The fourth-order valence-electron chi connectivity index (χ4n) is 1.65. The summed E-state index contributed by atoms with van der Waals surface area (Å²) in [6, 6.07) is 5.48. The molecule has 0 saturated heterocycles. The zero-order valence-corrected chi connectivity index (χ0v) is 12.8. The van der Waals surface area contributed by atoms with Crippen LogP contribution in [0, 0.1) is 6.92 Å². The maximum atomic E-state index is 12.1. The van der Waals surface area contributed by atoms with Crippen molar-refractivity contribution in [3.05, 3.63) is 40.4 Å². The van der Waals surface area contributed by atoms with Gasteiger partial charge in [-0.3, -0.25) is 10.1 Å². The number of nitrogens with one attached hydrogen (secondary N) is 1. The number of anilines is 1. The number of rotatable bonds is 5. The molecule has 0 radical (unpaired) electrons. The smallest absolute Gasteiger partial charge is 0.267 e. The summed E-state index contributed by atoms with van der Waals surface area (Å²) < 4.78 is 5.72. The minimum absolute atomic E-state index is 0.222. The summed E-state index contributed by atoms with van der Waals surface area (Å²) in [5, 5.41) is 5.59. The second-order valence-corrected chi connectivity index (χ2v) is 5.58. The molecule has 1 atom stereocenters. The average Bonchev–Trinajstić information content (AvgIpc) is 2.92. The van der Waals surface area contributed by atoms with E-state index in [1.165, 1.54) is 11.3 Å². The highest BCUT2D eigenvalue weighted by atomic mass is 35.5. The van der Waals surface area contributed by atoms with Crippen LogP contribution in [0.3, 0.4) is 0 Å². The highest BCUT2D eigenvalue weighted by Crippen LogP contribution is 2.27. The maximum Gasteiger partial charge on any atom is 0.267 e. The van der Waals surface area contributed by atoms with Crippen molar-refractivity contribution < 1.29 is 9.53 Å². The Morgan fingerprint density at radius 3 is 3.00 bits per heavy atom. The lowest BCUT2D eigenvalue weighted by molar-refractivity contribution is -0.122. The molecule has 1 aromatic carbocycles. The predicted molar refractivity (Wildman–Crippen MR) is 81.6 cm³/mol. The monoisotopic (exact) mass is 310 g/mol. The number of halogens is 1. The molecule has 0 bridgehead atoms. The van der Waals surface area contributed by atoms with Crippen LogP contribution < -0.4 is 10.1 Å². The molecule has 0 unspecified atom stereocenters. The molecule has 0 aliphatic heterocycles. The lowest BCUT2D eigenvalue weighted by Crippen LogP contribution is -2.32. The minimum Gasteiger partial charge on any atom is -0.479 e. The van der Waals surface area contributed by atoms with Crippen molar-refractivity contribution in [3.8, 4) is 5.75 Å². The Hall–Kier alpha value is -1.59. The number of hydrogen-bond acceptors (Lipinski definition) is 4. The van der Waals surface area contributed by atoms with Gasteiger partial charge in [0.15, 0.2) is 11.2 Å². The summed E-state index contributed by atoms with van der Waals surface area (Å²) in [6.45, 7) is 3.83. The molecule has 1 heterocycles. The first-order valence-electron chi connectivity index (χ1n) is 6.23. The molecular formula is C14H15ClN2O2S. The van der Waals surface area contributed by atoms with E-state index in [-0.39, 0.29) is 5.91 Å². The van der Waals surface area contributed by atoms with Crippen LogP contribution in [-0.2, 0) is 4.79 Å². The largest absolute Gasteiger partial charge is 0.479 e. The van der Waals surface area contributed by atoms with E-state index in [9.17, 15) is 4.79 Å². The number of hydrogen-bond donors (Lipinski definition) is 1. The van der Waals surface area contributed by atoms with E-state index < -0.39 is 6.10 Å². The van der Waals surface area contributed by atoms with E-state index in [4.69, 9.17) is 16.3 Å². The molecule has 0 saturated carbocycles. The van der Waals surface area contributed by atoms with E-state index in [0.717, 1.165) is 5.56 Å². The number of amides is 1. The Morgan fingerprint density at radius 1 is 1.55 bits per heavy atom. The molecule has 2 aromatic rings. The SMILES string of the molecule is CC[C@@H](Oc1cc(C)ccc1Cl)C(=O)Nc1nccs1. The number of carbonyl (C=O) groups excluding carboxylic acids is 1. The second kappa shape index (κ2) is 6.72. The van der Waals surface area contributed by atoms with E-state index >= 15 is 0 Å². The molecular weight excluding hydrogens is 296 g/mol. The van der Waals surface area contributed by atoms with Gasteiger partial charge in [0, 0.05) is 11.6 Å². The fourth-order valence-corrected chi connectivity index (χ4v) is 2.34. The van der Waals surface area contributed by atoms with Gasteiger partial charge in [-0.15, -0.1) is 11.3 Å². The van der Waals surface area contributed by atoms with Crippen LogP contribution in [0.2, 0.25) is 5.02 Å². The molecule has 4 nitrogen and oxygen atoms in total. The van der Waals surface area contributed by atoms with Crippen LogP contribution in [0.15, 0.2) is 29.8 Å². The number of nitrogens with zero attached hydrogens (tertiary/aromatic N) is 1. The number of benzene rings is 1. The molecule has 1 amide bonds. The first-order valence-corrected chi connectivity index (χ1v) is 7.49. The number of aryl methyl sites for hydroxylation is 1.